The van der Waals surface area contributed by atoms with Crippen LogP contribution in [0, 0.1) is 27.8 Å². The molecular weight excluding hydrogens is 295 g/mol. The maximum atomic E-state index is 13.4. The van der Waals surface area contributed by atoms with Gasteiger partial charge in [-0.05, 0) is 12.1 Å². The molecule has 0 aliphatic rings. The highest BCUT2D eigenvalue weighted by Crippen LogP contribution is 2.24. The van der Waals surface area contributed by atoms with Crippen LogP contribution in [-0.2, 0) is 6.61 Å². The van der Waals surface area contributed by atoms with Gasteiger partial charge in [0.15, 0.2) is 0 Å². The average Bonchev–Trinajstić information content (AvgIpc) is 2.90. The molecule has 0 aliphatic carbocycles. The van der Waals surface area contributed by atoms with Crippen LogP contribution < -0.4 is 10.5 Å². The number of benzene rings is 1. The lowest BCUT2D eigenvalue weighted by Crippen LogP contribution is -1.96. The van der Waals surface area contributed by atoms with Crippen LogP contribution >= 0.6 is 11.3 Å². The summed E-state index contributed by atoms with van der Waals surface area (Å²) >= 11 is 1.46. The molecule has 0 saturated heterocycles. The highest BCUT2D eigenvalue weighted by molar-refractivity contribution is 7.10. The maximum absolute atomic E-state index is 13.4. The van der Waals surface area contributed by atoms with E-state index in [4.69, 9.17) is 10.5 Å². The lowest BCUT2D eigenvalue weighted by molar-refractivity contribution is -0.387. The Hall–Kier alpha value is -2.43. The maximum Gasteiger partial charge on any atom is 0.305 e. The van der Waals surface area contributed by atoms with Gasteiger partial charge in [-0.15, -0.1) is 11.3 Å². The third-order valence-electron chi connectivity index (χ3n) is 2.49. The second-order valence-electron chi connectivity index (χ2n) is 3.97. The van der Waals surface area contributed by atoms with Gasteiger partial charge in [-0.3, -0.25) is 10.1 Å². The molecule has 21 heavy (non-hydrogen) atoms. The zero-order chi connectivity index (χ0) is 15.2. The van der Waals surface area contributed by atoms with E-state index >= 15 is 0 Å². The molecule has 2 rings (SSSR count). The summed E-state index contributed by atoms with van der Waals surface area (Å²) in [6.07, 6.45) is 0. The first-order valence-electron chi connectivity index (χ1n) is 5.93. The summed E-state index contributed by atoms with van der Waals surface area (Å²) in [5.74, 6) is 4.96. The van der Waals surface area contributed by atoms with Gasteiger partial charge in [0.2, 0.25) is 5.82 Å². The van der Waals surface area contributed by atoms with Crippen molar-refractivity contribution >= 4 is 17.0 Å². The summed E-state index contributed by atoms with van der Waals surface area (Å²) in [4.78, 5) is 10.6. The van der Waals surface area contributed by atoms with Gasteiger partial charge < -0.3 is 10.5 Å². The van der Waals surface area contributed by atoms with Crippen LogP contribution in [0.2, 0.25) is 0 Å². The number of hydrogen-bond donors (Lipinski definition) is 1. The first-order chi connectivity index (χ1) is 10.1. The van der Waals surface area contributed by atoms with E-state index in [1.807, 2.05) is 11.4 Å². The molecule has 108 valence electrons. The molecule has 0 unspecified atom stereocenters. The molecule has 5 nitrogen and oxygen atoms in total. The van der Waals surface area contributed by atoms with Gasteiger partial charge in [-0.1, -0.05) is 11.8 Å². The first-order valence-corrected chi connectivity index (χ1v) is 6.81. The topological polar surface area (TPSA) is 78.4 Å². The Morgan fingerprint density at radius 2 is 2.24 bits per heavy atom. The van der Waals surface area contributed by atoms with E-state index in [9.17, 15) is 14.5 Å². The van der Waals surface area contributed by atoms with Crippen LogP contribution in [0.1, 0.15) is 10.4 Å². The molecule has 0 bridgehead atoms. The number of ether oxygens (including phenoxy) is 1. The average molecular weight is 306 g/mol. The molecule has 0 radical (unpaired) electrons. The molecule has 0 spiro atoms. The predicted molar refractivity (Wildman–Crippen MR) is 77.6 cm³/mol. The van der Waals surface area contributed by atoms with Crippen LogP contribution in [0.15, 0.2) is 29.6 Å². The number of nitrogens with two attached hydrogens (primary N) is 1. The van der Waals surface area contributed by atoms with Gasteiger partial charge in [0.25, 0.3) is 0 Å². The highest BCUT2D eigenvalue weighted by Gasteiger charge is 2.14. The Labute approximate surface area is 124 Å². The molecule has 2 aromatic rings. The third kappa shape index (κ3) is 4.02. The molecule has 1 aromatic heterocycles. The van der Waals surface area contributed by atoms with E-state index in [1.165, 1.54) is 17.4 Å². The molecule has 0 aliphatic heterocycles. The van der Waals surface area contributed by atoms with Crippen molar-refractivity contribution in [2.75, 3.05) is 6.54 Å². The minimum atomic E-state index is -0.918. The van der Waals surface area contributed by atoms with Crippen molar-refractivity contribution in [3.05, 3.63) is 56.0 Å². The monoisotopic (exact) mass is 306 g/mol. The van der Waals surface area contributed by atoms with E-state index in [0.717, 1.165) is 22.6 Å². The Balaban J connectivity index is 2.01. The summed E-state index contributed by atoms with van der Waals surface area (Å²) in [6.45, 7) is 0.538. The fraction of sp³-hybridized carbons (Fsp3) is 0.143. The van der Waals surface area contributed by atoms with Crippen molar-refractivity contribution in [2.24, 2.45) is 5.73 Å². The third-order valence-corrected chi connectivity index (χ3v) is 3.40. The normalized spacial score (nSPS) is 9.81. The van der Waals surface area contributed by atoms with Crippen LogP contribution in [0.25, 0.3) is 0 Å². The second-order valence-corrected chi connectivity index (χ2v) is 4.96. The summed E-state index contributed by atoms with van der Waals surface area (Å²) in [5.41, 5.74) is 5.56. The van der Waals surface area contributed by atoms with Gasteiger partial charge >= 0.3 is 5.69 Å². The number of rotatable bonds is 4. The van der Waals surface area contributed by atoms with Crippen LogP contribution in [0.3, 0.4) is 0 Å². The molecule has 2 N–H and O–H groups in total. The molecule has 7 heteroatoms. The van der Waals surface area contributed by atoms with Crippen molar-refractivity contribution in [1.82, 2.24) is 0 Å². The molecule has 1 heterocycles. The molecule has 0 saturated carbocycles. The van der Waals surface area contributed by atoms with Crippen LogP contribution in [-0.4, -0.2) is 11.5 Å². The molecule has 1 aromatic carbocycles. The zero-order valence-corrected chi connectivity index (χ0v) is 11.7. The standard InChI is InChI=1S/C14H11FN2O3S/c15-13-7-11(3-4-14(13)17(18)19)20-8-12-6-10(9-21-12)2-1-5-16/h3-4,6-7,9H,5,8,16H2. The van der Waals surface area contributed by atoms with Gasteiger partial charge in [0, 0.05) is 28.0 Å². The van der Waals surface area contributed by atoms with Crippen molar-refractivity contribution < 1.29 is 14.1 Å². The van der Waals surface area contributed by atoms with Crippen LogP contribution in [0.4, 0.5) is 10.1 Å². The van der Waals surface area contributed by atoms with Crippen molar-refractivity contribution in [2.45, 2.75) is 6.61 Å². The second kappa shape index (κ2) is 6.83. The predicted octanol–water partition coefficient (Wildman–Crippen LogP) is 2.68. The summed E-state index contributed by atoms with van der Waals surface area (Å²) in [6, 6.07) is 5.30. The number of nitro benzene ring substituents is 1. The number of thiophene rings is 1. The first kappa shape index (κ1) is 15.0. The van der Waals surface area contributed by atoms with Crippen molar-refractivity contribution in [3.63, 3.8) is 0 Å². The van der Waals surface area contributed by atoms with Gasteiger partial charge in [-0.25, -0.2) is 0 Å². The van der Waals surface area contributed by atoms with Gasteiger partial charge in [0.1, 0.15) is 12.4 Å². The largest absolute Gasteiger partial charge is 0.488 e. The lowest BCUT2D eigenvalue weighted by atomic mass is 10.3. The fourth-order valence-corrected chi connectivity index (χ4v) is 2.28. The van der Waals surface area contributed by atoms with E-state index in [-0.39, 0.29) is 12.4 Å². The van der Waals surface area contributed by atoms with Crippen LogP contribution in [0.5, 0.6) is 5.75 Å². The zero-order valence-electron chi connectivity index (χ0n) is 10.8. The summed E-state index contributed by atoms with van der Waals surface area (Å²) in [5, 5.41) is 12.4. The fourth-order valence-electron chi connectivity index (χ4n) is 1.55. The van der Waals surface area contributed by atoms with E-state index in [1.54, 1.807) is 0 Å². The Morgan fingerprint density at radius 3 is 2.90 bits per heavy atom. The Kier molecular flexibility index (Phi) is 4.87. The smallest absolute Gasteiger partial charge is 0.305 e. The van der Waals surface area contributed by atoms with Crippen molar-refractivity contribution in [1.29, 1.82) is 0 Å². The number of hydrogen-bond acceptors (Lipinski definition) is 5. The van der Waals surface area contributed by atoms with E-state index in [0.29, 0.717) is 6.54 Å². The van der Waals surface area contributed by atoms with Gasteiger partial charge in [-0.2, -0.15) is 4.39 Å². The SMILES string of the molecule is NCC#Cc1csc(COc2ccc([N+](=O)[O-])c(F)c2)c1. The highest BCUT2D eigenvalue weighted by atomic mass is 32.1. The van der Waals surface area contributed by atoms with E-state index < -0.39 is 16.4 Å². The molecule has 0 fully saturated rings. The van der Waals surface area contributed by atoms with Crippen molar-refractivity contribution in [3.8, 4) is 17.6 Å². The number of nitrogens with zero attached hydrogens (tertiary/aromatic N) is 1. The summed E-state index contributed by atoms with van der Waals surface area (Å²) < 4.78 is 18.8. The molecule has 0 atom stereocenters. The van der Waals surface area contributed by atoms with Gasteiger partial charge in [0.05, 0.1) is 11.5 Å². The minimum absolute atomic E-state index is 0.237. The Morgan fingerprint density at radius 1 is 1.43 bits per heavy atom. The molecule has 0 amide bonds. The lowest BCUT2D eigenvalue weighted by Gasteiger charge is -2.04. The quantitative estimate of drug-likeness (QED) is 0.535. The summed E-state index contributed by atoms with van der Waals surface area (Å²) in [7, 11) is 0. The number of nitro groups is 1. The molecular formula is C14H11FN2O3S. The van der Waals surface area contributed by atoms with E-state index in [2.05, 4.69) is 11.8 Å². The minimum Gasteiger partial charge on any atom is -0.488 e. The Bertz CT molecular complexity index is 718. The number of halogens is 1.